The first-order chi connectivity index (χ1) is 6.04. The van der Waals surface area contributed by atoms with Gasteiger partial charge in [-0.1, -0.05) is 25.5 Å². The van der Waals surface area contributed by atoms with E-state index >= 15 is 0 Å². The summed E-state index contributed by atoms with van der Waals surface area (Å²) >= 11 is 0. The summed E-state index contributed by atoms with van der Waals surface area (Å²) in [6.07, 6.45) is 3.52. The van der Waals surface area contributed by atoms with Crippen LogP contribution in [0.5, 0.6) is 0 Å². The van der Waals surface area contributed by atoms with Crippen LogP contribution >= 0.6 is 0 Å². The van der Waals surface area contributed by atoms with E-state index in [0.717, 1.165) is 12.8 Å². The zero-order chi connectivity index (χ0) is 10.3. The number of hydrogen-bond donors (Lipinski definition) is 1. The van der Waals surface area contributed by atoms with Crippen molar-refractivity contribution in [3.8, 4) is 0 Å². The summed E-state index contributed by atoms with van der Waals surface area (Å²) in [5.41, 5.74) is 0.617. The lowest BCUT2D eigenvalue weighted by atomic mass is 9.99. The molecule has 2 nitrogen and oxygen atoms in total. The van der Waals surface area contributed by atoms with E-state index in [2.05, 4.69) is 0 Å². The van der Waals surface area contributed by atoms with E-state index in [0.29, 0.717) is 13.2 Å². The Labute approximate surface area is 81.6 Å². The molecule has 0 saturated carbocycles. The van der Waals surface area contributed by atoms with Crippen LogP contribution in [-0.2, 0) is 4.74 Å². The molecule has 0 aliphatic heterocycles. The molecular weight excluding hydrogens is 164 g/mol. The van der Waals surface area contributed by atoms with Crippen molar-refractivity contribution in [3.63, 3.8) is 0 Å². The molecule has 0 aliphatic rings. The molecule has 78 valence electrons. The lowest BCUT2D eigenvalue weighted by Gasteiger charge is -2.24. The molecule has 0 fully saturated rings. The highest BCUT2D eigenvalue weighted by Gasteiger charge is 2.21. The minimum Gasteiger partial charge on any atom is -0.388 e. The Morgan fingerprint density at radius 3 is 2.23 bits per heavy atom. The third kappa shape index (κ3) is 5.83. The third-order valence-corrected chi connectivity index (χ3v) is 2.30. The molecule has 1 N–H and O–H groups in total. The Morgan fingerprint density at radius 2 is 1.85 bits per heavy atom. The molecule has 0 radical (unpaired) electrons. The van der Waals surface area contributed by atoms with Crippen LogP contribution < -0.4 is 0 Å². The van der Waals surface area contributed by atoms with Crippen LogP contribution in [0, 0.1) is 0 Å². The smallest absolute Gasteiger partial charge is 0.0875 e. The van der Waals surface area contributed by atoms with Gasteiger partial charge in [0.05, 0.1) is 18.8 Å². The van der Waals surface area contributed by atoms with Crippen LogP contribution in [0.25, 0.3) is 0 Å². The predicted molar refractivity (Wildman–Crippen MR) is 55.8 cm³/mol. The van der Waals surface area contributed by atoms with E-state index in [4.69, 9.17) is 4.74 Å². The van der Waals surface area contributed by atoms with Crippen molar-refractivity contribution in [1.82, 2.24) is 0 Å². The molecule has 0 spiro atoms. The number of hydrogen-bond acceptors (Lipinski definition) is 2. The number of ether oxygens (including phenoxy) is 1. The summed E-state index contributed by atoms with van der Waals surface area (Å²) in [6, 6.07) is 0. The number of aliphatic hydroxyl groups is 1. The van der Waals surface area contributed by atoms with Gasteiger partial charge >= 0.3 is 0 Å². The summed E-state index contributed by atoms with van der Waals surface area (Å²) in [7, 11) is 0. The maximum absolute atomic E-state index is 9.85. The maximum atomic E-state index is 9.85. The topological polar surface area (TPSA) is 29.5 Å². The lowest BCUT2D eigenvalue weighted by Crippen LogP contribution is -2.32. The lowest BCUT2D eigenvalue weighted by molar-refractivity contribution is -0.0447. The van der Waals surface area contributed by atoms with Crippen molar-refractivity contribution in [1.29, 1.82) is 0 Å². The van der Waals surface area contributed by atoms with E-state index in [1.807, 2.05) is 33.8 Å². The summed E-state index contributed by atoms with van der Waals surface area (Å²) in [4.78, 5) is 0. The van der Waals surface area contributed by atoms with Gasteiger partial charge in [0.2, 0.25) is 0 Å². The molecule has 0 aliphatic carbocycles. The Balaban J connectivity index is 3.68. The normalized spacial score (nSPS) is 11.5. The minimum atomic E-state index is -0.629. The fraction of sp³-hybridized carbons (Fsp3) is 0.818. The van der Waals surface area contributed by atoms with Crippen molar-refractivity contribution >= 4 is 0 Å². The molecule has 0 amide bonds. The van der Waals surface area contributed by atoms with E-state index < -0.39 is 5.60 Å². The van der Waals surface area contributed by atoms with Crippen molar-refractivity contribution in [2.24, 2.45) is 0 Å². The molecule has 2 heteroatoms. The van der Waals surface area contributed by atoms with Crippen LogP contribution in [0.4, 0.5) is 0 Å². The molecule has 0 aromatic heterocycles. The Kier molecular flexibility index (Phi) is 6.00. The van der Waals surface area contributed by atoms with Gasteiger partial charge in [0.1, 0.15) is 0 Å². The summed E-state index contributed by atoms with van der Waals surface area (Å²) in [5, 5.41) is 9.85. The van der Waals surface area contributed by atoms with Crippen LogP contribution in [0.15, 0.2) is 11.6 Å². The fourth-order valence-corrected chi connectivity index (χ4v) is 0.929. The van der Waals surface area contributed by atoms with Gasteiger partial charge in [-0.2, -0.15) is 0 Å². The zero-order valence-corrected chi connectivity index (χ0v) is 9.26. The first-order valence-electron chi connectivity index (χ1n) is 4.97. The number of rotatable bonds is 6. The van der Waals surface area contributed by atoms with Gasteiger partial charge in [-0.05, 0) is 26.7 Å². The van der Waals surface area contributed by atoms with Gasteiger partial charge in [-0.15, -0.1) is 0 Å². The fourth-order valence-electron chi connectivity index (χ4n) is 0.929. The molecule has 0 heterocycles. The van der Waals surface area contributed by atoms with E-state index in [1.165, 1.54) is 5.57 Å². The Bertz CT molecular complexity index is 153. The van der Waals surface area contributed by atoms with Crippen LogP contribution in [0.1, 0.15) is 40.5 Å². The SMILES string of the molecule is CCC(O)(CC)COCC=C(C)C. The van der Waals surface area contributed by atoms with E-state index in [-0.39, 0.29) is 0 Å². The number of allylic oxidation sites excluding steroid dienone is 1. The van der Waals surface area contributed by atoms with Gasteiger partial charge in [0.15, 0.2) is 0 Å². The molecule has 0 bridgehead atoms. The Hall–Kier alpha value is -0.340. The van der Waals surface area contributed by atoms with Crippen molar-refractivity contribution in [2.45, 2.75) is 46.1 Å². The standard InChI is InChI=1S/C11H22O2/c1-5-11(12,6-2)9-13-8-7-10(3)4/h7,12H,5-6,8-9H2,1-4H3. The highest BCUT2D eigenvalue weighted by molar-refractivity contribution is 4.92. The van der Waals surface area contributed by atoms with Gasteiger partial charge in [0.25, 0.3) is 0 Å². The average molecular weight is 186 g/mol. The zero-order valence-electron chi connectivity index (χ0n) is 9.26. The first kappa shape index (κ1) is 12.7. The quantitative estimate of drug-likeness (QED) is 0.510. The molecule has 0 saturated heterocycles. The van der Waals surface area contributed by atoms with Crippen molar-refractivity contribution in [2.75, 3.05) is 13.2 Å². The second-order valence-corrected chi connectivity index (χ2v) is 3.73. The van der Waals surface area contributed by atoms with Gasteiger partial charge in [-0.25, -0.2) is 0 Å². The second-order valence-electron chi connectivity index (χ2n) is 3.73. The minimum absolute atomic E-state index is 0.434. The highest BCUT2D eigenvalue weighted by Crippen LogP contribution is 2.14. The van der Waals surface area contributed by atoms with Crippen molar-refractivity contribution < 1.29 is 9.84 Å². The summed E-state index contributed by atoms with van der Waals surface area (Å²) in [6.45, 7) is 9.07. The summed E-state index contributed by atoms with van der Waals surface area (Å²) in [5.74, 6) is 0. The Morgan fingerprint density at radius 1 is 1.31 bits per heavy atom. The van der Waals surface area contributed by atoms with Gasteiger partial charge < -0.3 is 9.84 Å². The second kappa shape index (κ2) is 6.17. The van der Waals surface area contributed by atoms with Crippen LogP contribution in [0.2, 0.25) is 0 Å². The monoisotopic (exact) mass is 186 g/mol. The van der Waals surface area contributed by atoms with E-state index in [9.17, 15) is 5.11 Å². The molecule has 13 heavy (non-hydrogen) atoms. The van der Waals surface area contributed by atoms with Crippen molar-refractivity contribution in [3.05, 3.63) is 11.6 Å². The molecule has 0 rings (SSSR count). The first-order valence-corrected chi connectivity index (χ1v) is 4.97. The summed E-state index contributed by atoms with van der Waals surface area (Å²) < 4.78 is 5.36. The predicted octanol–water partition coefficient (Wildman–Crippen LogP) is 2.52. The molecule has 0 atom stereocenters. The largest absolute Gasteiger partial charge is 0.388 e. The van der Waals surface area contributed by atoms with Crippen LogP contribution in [-0.4, -0.2) is 23.9 Å². The molecule has 0 aromatic rings. The van der Waals surface area contributed by atoms with Gasteiger partial charge in [0, 0.05) is 0 Å². The van der Waals surface area contributed by atoms with E-state index in [1.54, 1.807) is 0 Å². The molecule has 0 unspecified atom stereocenters. The highest BCUT2D eigenvalue weighted by atomic mass is 16.5. The van der Waals surface area contributed by atoms with Crippen LogP contribution in [0.3, 0.4) is 0 Å². The maximum Gasteiger partial charge on any atom is 0.0875 e. The molecule has 0 aromatic carbocycles. The van der Waals surface area contributed by atoms with Gasteiger partial charge in [-0.3, -0.25) is 0 Å². The molecular formula is C11H22O2. The average Bonchev–Trinajstić information content (AvgIpc) is 2.12. The third-order valence-electron chi connectivity index (χ3n) is 2.30.